The molecule has 2 aromatic carbocycles. The smallest absolute Gasteiger partial charge is 0.255 e. The van der Waals surface area contributed by atoms with Gasteiger partial charge in [-0.05, 0) is 30.3 Å². The second kappa shape index (κ2) is 6.12. The quantitative estimate of drug-likeness (QED) is 0.782. The molecule has 6 heteroatoms. The van der Waals surface area contributed by atoms with E-state index in [0.717, 1.165) is 5.52 Å². The van der Waals surface area contributed by atoms with Gasteiger partial charge in [-0.2, -0.15) is 0 Å². The van der Waals surface area contributed by atoms with Gasteiger partial charge in [0.15, 0.2) is 23.0 Å². The van der Waals surface area contributed by atoms with Crippen LogP contribution in [0.25, 0.3) is 11.1 Å². The van der Waals surface area contributed by atoms with Crippen LogP contribution < -0.4 is 14.8 Å². The van der Waals surface area contributed by atoms with Crippen molar-refractivity contribution in [2.75, 3.05) is 18.5 Å². The van der Waals surface area contributed by atoms with E-state index in [0.29, 0.717) is 47.4 Å². The van der Waals surface area contributed by atoms with E-state index < -0.39 is 0 Å². The molecule has 4 rings (SSSR count). The molecule has 0 unspecified atom stereocenters. The summed E-state index contributed by atoms with van der Waals surface area (Å²) >= 11 is 0. The summed E-state index contributed by atoms with van der Waals surface area (Å²) in [5.41, 5.74) is 2.52. The van der Waals surface area contributed by atoms with Crippen molar-refractivity contribution in [3.8, 4) is 11.5 Å². The zero-order valence-electron chi connectivity index (χ0n) is 14.0. The molecule has 0 fully saturated rings. The third-order valence-electron chi connectivity index (χ3n) is 3.96. The number of carbonyl (C=O) groups is 1. The third-order valence-corrected chi connectivity index (χ3v) is 3.96. The van der Waals surface area contributed by atoms with Crippen molar-refractivity contribution in [3.05, 3.63) is 47.9 Å². The minimum Gasteiger partial charge on any atom is -0.486 e. The molecule has 0 aliphatic carbocycles. The van der Waals surface area contributed by atoms with Crippen molar-refractivity contribution in [2.45, 2.75) is 19.8 Å². The fraction of sp³-hybridized carbons (Fsp3) is 0.263. The van der Waals surface area contributed by atoms with Crippen molar-refractivity contribution < 1.29 is 18.7 Å². The number of ether oxygens (including phenoxy) is 2. The highest BCUT2D eigenvalue weighted by Gasteiger charge is 2.15. The van der Waals surface area contributed by atoms with Gasteiger partial charge < -0.3 is 19.2 Å². The topological polar surface area (TPSA) is 73.6 Å². The summed E-state index contributed by atoms with van der Waals surface area (Å²) < 4.78 is 16.7. The van der Waals surface area contributed by atoms with E-state index in [1.807, 2.05) is 13.8 Å². The van der Waals surface area contributed by atoms with Gasteiger partial charge in [0, 0.05) is 23.2 Å². The van der Waals surface area contributed by atoms with Crippen LogP contribution in [0.1, 0.15) is 36.0 Å². The van der Waals surface area contributed by atoms with Crippen LogP contribution in [0, 0.1) is 0 Å². The van der Waals surface area contributed by atoms with Gasteiger partial charge in [-0.25, -0.2) is 4.98 Å². The fourth-order valence-corrected chi connectivity index (χ4v) is 2.66. The highest BCUT2D eigenvalue weighted by molar-refractivity contribution is 6.05. The lowest BCUT2D eigenvalue weighted by Gasteiger charge is -2.19. The Kier molecular flexibility index (Phi) is 3.80. The number of rotatable bonds is 3. The number of carbonyl (C=O) groups excluding carboxylic acids is 1. The van der Waals surface area contributed by atoms with Crippen LogP contribution in [0.3, 0.4) is 0 Å². The maximum atomic E-state index is 12.5. The SMILES string of the molecule is CC(C)c1nc2ccc(C(=O)Nc3ccc4c(c3)OCCO4)cc2o1. The second-order valence-electron chi connectivity index (χ2n) is 6.20. The molecule has 6 nitrogen and oxygen atoms in total. The first-order valence-corrected chi connectivity index (χ1v) is 8.21. The molecule has 1 aromatic heterocycles. The molecular formula is C19H18N2O4. The Morgan fingerprint density at radius 2 is 1.88 bits per heavy atom. The highest BCUT2D eigenvalue weighted by atomic mass is 16.6. The van der Waals surface area contributed by atoms with Gasteiger partial charge in [0.1, 0.15) is 18.7 Å². The van der Waals surface area contributed by atoms with Crippen LogP contribution in [-0.2, 0) is 0 Å². The van der Waals surface area contributed by atoms with Crippen molar-refractivity contribution in [1.29, 1.82) is 0 Å². The molecule has 0 saturated carbocycles. The Morgan fingerprint density at radius 3 is 2.68 bits per heavy atom. The molecule has 1 N–H and O–H groups in total. The minimum atomic E-state index is -0.221. The van der Waals surface area contributed by atoms with Crippen LogP contribution >= 0.6 is 0 Å². The van der Waals surface area contributed by atoms with E-state index in [1.54, 1.807) is 36.4 Å². The van der Waals surface area contributed by atoms with Gasteiger partial charge in [0.05, 0.1) is 0 Å². The number of hydrogen-bond acceptors (Lipinski definition) is 5. The summed E-state index contributed by atoms with van der Waals surface area (Å²) in [7, 11) is 0. The van der Waals surface area contributed by atoms with Crippen molar-refractivity contribution >= 4 is 22.7 Å². The Morgan fingerprint density at radius 1 is 1.08 bits per heavy atom. The first-order chi connectivity index (χ1) is 12.1. The Bertz CT molecular complexity index is 946. The number of fused-ring (bicyclic) bond motifs is 2. The summed E-state index contributed by atoms with van der Waals surface area (Å²) in [6, 6.07) is 10.6. The molecule has 1 amide bonds. The predicted octanol–water partition coefficient (Wildman–Crippen LogP) is 3.97. The molecule has 1 aliphatic heterocycles. The first-order valence-electron chi connectivity index (χ1n) is 8.21. The second-order valence-corrected chi connectivity index (χ2v) is 6.20. The van der Waals surface area contributed by atoms with Gasteiger partial charge >= 0.3 is 0 Å². The number of anilines is 1. The van der Waals surface area contributed by atoms with Crippen LogP contribution in [0.4, 0.5) is 5.69 Å². The van der Waals surface area contributed by atoms with Gasteiger partial charge in [0.2, 0.25) is 0 Å². The monoisotopic (exact) mass is 338 g/mol. The van der Waals surface area contributed by atoms with Gasteiger partial charge in [-0.15, -0.1) is 0 Å². The largest absolute Gasteiger partial charge is 0.486 e. The number of amides is 1. The lowest BCUT2D eigenvalue weighted by Crippen LogP contribution is -2.16. The minimum absolute atomic E-state index is 0.197. The molecule has 3 aromatic rings. The first kappa shape index (κ1) is 15.5. The van der Waals surface area contributed by atoms with Crippen LogP contribution in [0.15, 0.2) is 40.8 Å². The maximum absolute atomic E-state index is 12.5. The molecule has 0 radical (unpaired) electrons. The van der Waals surface area contributed by atoms with E-state index in [2.05, 4.69) is 10.3 Å². The van der Waals surface area contributed by atoms with Gasteiger partial charge in [0.25, 0.3) is 5.91 Å². The van der Waals surface area contributed by atoms with E-state index in [9.17, 15) is 4.79 Å². The van der Waals surface area contributed by atoms with Crippen molar-refractivity contribution in [1.82, 2.24) is 4.98 Å². The summed E-state index contributed by atoms with van der Waals surface area (Å²) in [6.07, 6.45) is 0. The molecule has 128 valence electrons. The third kappa shape index (κ3) is 3.03. The Balaban J connectivity index is 1.57. The van der Waals surface area contributed by atoms with E-state index >= 15 is 0 Å². The predicted molar refractivity (Wildman–Crippen MR) is 93.5 cm³/mol. The number of oxazole rings is 1. The van der Waals surface area contributed by atoms with E-state index in [1.165, 1.54) is 0 Å². The maximum Gasteiger partial charge on any atom is 0.255 e. The molecule has 2 heterocycles. The standard InChI is InChI=1S/C19H18N2O4/c1-11(2)19-21-14-5-3-12(9-16(14)25-19)18(22)20-13-4-6-15-17(10-13)24-8-7-23-15/h3-6,9-11H,7-8H2,1-2H3,(H,20,22). The Labute approximate surface area is 144 Å². The average Bonchev–Trinajstić information content (AvgIpc) is 3.05. The lowest BCUT2D eigenvalue weighted by molar-refractivity contribution is 0.102. The summed E-state index contributed by atoms with van der Waals surface area (Å²) in [5, 5.41) is 2.87. The molecule has 25 heavy (non-hydrogen) atoms. The zero-order chi connectivity index (χ0) is 17.4. The molecule has 0 spiro atoms. The van der Waals surface area contributed by atoms with Crippen LogP contribution in [0.2, 0.25) is 0 Å². The van der Waals surface area contributed by atoms with E-state index in [-0.39, 0.29) is 11.8 Å². The van der Waals surface area contributed by atoms with Crippen molar-refractivity contribution in [3.63, 3.8) is 0 Å². The van der Waals surface area contributed by atoms with Gasteiger partial charge in [-0.3, -0.25) is 4.79 Å². The average molecular weight is 338 g/mol. The van der Waals surface area contributed by atoms with Crippen LogP contribution in [0.5, 0.6) is 11.5 Å². The number of hydrogen-bond donors (Lipinski definition) is 1. The number of nitrogens with one attached hydrogen (secondary N) is 1. The molecule has 0 saturated heterocycles. The summed E-state index contributed by atoms with van der Waals surface area (Å²) in [5.74, 6) is 1.97. The molecule has 0 bridgehead atoms. The number of aromatic nitrogens is 1. The summed E-state index contributed by atoms with van der Waals surface area (Å²) in [6.45, 7) is 5.07. The van der Waals surface area contributed by atoms with Crippen LogP contribution in [-0.4, -0.2) is 24.1 Å². The normalized spacial score (nSPS) is 13.2. The van der Waals surface area contributed by atoms with Gasteiger partial charge in [-0.1, -0.05) is 13.8 Å². The van der Waals surface area contributed by atoms with Crippen molar-refractivity contribution in [2.24, 2.45) is 0 Å². The molecule has 0 atom stereocenters. The highest BCUT2D eigenvalue weighted by Crippen LogP contribution is 2.32. The fourth-order valence-electron chi connectivity index (χ4n) is 2.66. The zero-order valence-corrected chi connectivity index (χ0v) is 14.0. The number of nitrogens with zero attached hydrogens (tertiary/aromatic N) is 1. The van der Waals surface area contributed by atoms with E-state index in [4.69, 9.17) is 13.9 Å². The lowest BCUT2D eigenvalue weighted by atomic mass is 10.2. The molecular weight excluding hydrogens is 320 g/mol. The number of benzene rings is 2. The Hall–Kier alpha value is -3.02. The molecule has 1 aliphatic rings. The summed E-state index contributed by atoms with van der Waals surface area (Å²) in [4.78, 5) is 16.9.